The molecule has 0 fully saturated rings. The monoisotopic (exact) mass is 336 g/mol. The predicted octanol–water partition coefficient (Wildman–Crippen LogP) is 3.09. The van der Waals surface area contributed by atoms with Gasteiger partial charge in [-0.05, 0) is 37.2 Å². The third kappa shape index (κ3) is 3.63. The van der Waals surface area contributed by atoms with Crippen molar-refractivity contribution in [1.29, 1.82) is 0 Å². The van der Waals surface area contributed by atoms with E-state index in [2.05, 4.69) is 22.1 Å². The Labute approximate surface area is 141 Å². The number of carbonyl (C=O) groups is 1. The second-order valence-electron chi connectivity index (χ2n) is 5.02. The summed E-state index contributed by atoms with van der Waals surface area (Å²) in [5.74, 6) is 0.837. The first-order chi connectivity index (χ1) is 10.3. The highest BCUT2D eigenvalue weighted by atomic mass is 32.1. The van der Waals surface area contributed by atoms with E-state index < -0.39 is 0 Å². The maximum atomic E-state index is 11.6. The molecule has 1 aliphatic rings. The number of ether oxygens (including phenoxy) is 1. The molecule has 0 spiro atoms. The van der Waals surface area contributed by atoms with E-state index in [1.54, 1.807) is 11.3 Å². The highest BCUT2D eigenvalue weighted by Gasteiger charge is 2.23. The lowest BCUT2D eigenvalue weighted by Gasteiger charge is -2.19. The fraction of sp³-hybridized carbons (Fsp3) is 0.312. The van der Waals surface area contributed by atoms with Gasteiger partial charge in [-0.15, -0.1) is 11.3 Å². The zero-order valence-corrected chi connectivity index (χ0v) is 14.2. The van der Waals surface area contributed by atoms with Gasteiger partial charge in [-0.1, -0.05) is 12.1 Å². The number of nitrogens with one attached hydrogen (secondary N) is 2. The Kier molecular flexibility index (Phi) is 5.88. The van der Waals surface area contributed by atoms with Crippen LogP contribution in [-0.2, 0) is 11.2 Å². The predicted molar refractivity (Wildman–Crippen MR) is 95.4 cm³/mol. The normalized spacial score (nSPS) is 14.0. The van der Waals surface area contributed by atoms with Gasteiger partial charge in [0.1, 0.15) is 11.9 Å². The molecule has 4 nitrogen and oxygen atoms in total. The van der Waals surface area contributed by atoms with Crippen molar-refractivity contribution in [3.8, 4) is 5.75 Å². The molecule has 2 aromatic rings. The average molecular weight is 336 g/mol. The van der Waals surface area contributed by atoms with Gasteiger partial charge < -0.3 is 15.4 Å². The zero-order chi connectivity index (χ0) is 14.7. The maximum absolute atomic E-state index is 11.6. The van der Waals surface area contributed by atoms with E-state index in [1.165, 1.54) is 4.88 Å². The van der Waals surface area contributed by atoms with Crippen molar-refractivity contribution < 1.29 is 9.53 Å². The van der Waals surface area contributed by atoms with Crippen LogP contribution in [0, 0.1) is 0 Å². The second-order valence-corrected chi connectivity index (χ2v) is 6.00. The molecule has 1 aromatic heterocycles. The number of carbonyl (C=O) groups excluding carboxylic acids is 1. The van der Waals surface area contributed by atoms with Gasteiger partial charge in [0.05, 0.1) is 6.42 Å². The molecule has 0 saturated carbocycles. The van der Waals surface area contributed by atoms with Gasteiger partial charge in [0.15, 0.2) is 0 Å². The molecule has 0 aliphatic carbocycles. The Balaban J connectivity index is 0.00000176. The van der Waals surface area contributed by atoms with E-state index in [0.717, 1.165) is 30.0 Å². The van der Waals surface area contributed by atoms with Crippen molar-refractivity contribution in [2.24, 2.45) is 0 Å². The van der Waals surface area contributed by atoms with Gasteiger partial charge in [-0.2, -0.15) is 13.5 Å². The van der Waals surface area contributed by atoms with E-state index in [4.69, 9.17) is 4.74 Å². The molecule has 0 saturated heterocycles. The molecule has 2 heterocycles. The number of amides is 1. The minimum absolute atomic E-state index is 0. The lowest BCUT2D eigenvalue weighted by molar-refractivity contribution is -0.115. The number of hydrogen-bond donors (Lipinski definition) is 2. The van der Waals surface area contributed by atoms with Crippen LogP contribution in [0.15, 0.2) is 35.7 Å². The molecule has 2 N–H and O–H groups in total. The standard InChI is InChI=1S/C16H18N2O2S.H2S/c1-17-8-7-14(15-6-3-9-21-15)20-13-5-2-4-12-11(13)10-16(19)18-12;/h2-6,9,14,17H,7-8,10H2,1H3,(H,18,19);1H2/t14-;/m0./s1. The Hall–Kier alpha value is -1.50. The van der Waals surface area contributed by atoms with Gasteiger partial charge in [-0.3, -0.25) is 4.79 Å². The van der Waals surface area contributed by atoms with Crippen molar-refractivity contribution in [3.63, 3.8) is 0 Å². The molecular weight excluding hydrogens is 316 g/mol. The highest BCUT2D eigenvalue weighted by Crippen LogP contribution is 2.35. The first-order valence-corrected chi connectivity index (χ1v) is 7.92. The van der Waals surface area contributed by atoms with Crippen molar-refractivity contribution in [3.05, 3.63) is 46.2 Å². The molecule has 22 heavy (non-hydrogen) atoms. The number of rotatable bonds is 6. The molecule has 1 amide bonds. The molecule has 6 heteroatoms. The van der Waals surface area contributed by atoms with Crippen LogP contribution in [0.25, 0.3) is 0 Å². The summed E-state index contributed by atoms with van der Waals surface area (Å²) in [5.41, 5.74) is 1.84. The SMILES string of the molecule is CNCC[C@H](Oc1cccc2c1CC(=O)N2)c1cccs1.S. The van der Waals surface area contributed by atoms with Crippen LogP contribution in [-0.4, -0.2) is 19.5 Å². The van der Waals surface area contributed by atoms with Crippen LogP contribution < -0.4 is 15.4 Å². The van der Waals surface area contributed by atoms with Gasteiger partial charge in [0.2, 0.25) is 5.91 Å². The van der Waals surface area contributed by atoms with Crippen molar-refractivity contribution >= 4 is 36.4 Å². The molecule has 0 bridgehead atoms. The van der Waals surface area contributed by atoms with Crippen LogP contribution >= 0.6 is 24.8 Å². The minimum Gasteiger partial charge on any atom is -0.484 e. The minimum atomic E-state index is 0. The first-order valence-electron chi connectivity index (χ1n) is 7.04. The molecule has 1 aliphatic heterocycles. The van der Waals surface area contributed by atoms with Crippen molar-refractivity contribution in [2.45, 2.75) is 18.9 Å². The van der Waals surface area contributed by atoms with E-state index in [9.17, 15) is 4.79 Å². The molecule has 0 unspecified atom stereocenters. The first kappa shape index (κ1) is 16.9. The summed E-state index contributed by atoms with van der Waals surface area (Å²) >= 11 is 1.70. The van der Waals surface area contributed by atoms with Gasteiger partial charge in [-0.25, -0.2) is 0 Å². The van der Waals surface area contributed by atoms with E-state index in [0.29, 0.717) is 6.42 Å². The average Bonchev–Trinajstić information content (AvgIpc) is 3.11. The number of fused-ring (bicyclic) bond motifs is 1. The van der Waals surface area contributed by atoms with Crippen LogP contribution in [0.1, 0.15) is 23.0 Å². The van der Waals surface area contributed by atoms with Gasteiger partial charge >= 0.3 is 0 Å². The lowest BCUT2D eigenvalue weighted by atomic mass is 10.1. The largest absolute Gasteiger partial charge is 0.484 e. The number of benzene rings is 1. The van der Waals surface area contributed by atoms with E-state index >= 15 is 0 Å². The summed E-state index contributed by atoms with van der Waals surface area (Å²) in [6.45, 7) is 0.884. The molecular formula is C16H20N2O2S2. The number of thiophene rings is 1. The molecule has 1 atom stereocenters. The van der Waals surface area contributed by atoms with Crippen molar-refractivity contribution in [2.75, 3.05) is 18.9 Å². The molecule has 118 valence electrons. The summed E-state index contributed by atoms with van der Waals surface area (Å²) in [7, 11) is 1.94. The Bertz CT molecular complexity index is 629. The summed E-state index contributed by atoms with van der Waals surface area (Å²) in [6, 6.07) is 9.91. The molecule has 1 aromatic carbocycles. The van der Waals surface area contributed by atoms with E-state index in [1.807, 2.05) is 31.3 Å². The summed E-state index contributed by atoms with van der Waals surface area (Å²) in [4.78, 5) is 12.8. The van der Waals surface area contributed by atoms with Crippen LogP contribution in [0.2, 0.25) is 0 Å². The Morgan fingerprint density at radius 3 is 2.95 bits per heavy atom. The maximum Gasteiger partial charge on any atom is 0.229 e. The summed E-state index contributed by atoms with van der Waals surface area (Å²) in [5, 5.41) is 8.08. The van der Waals surface area contributed by atoms with Crippen molar-refractivity contribution in [1.82, 2.24) is 5.32 Å². The lowest BCUT2D eigenvalue weighted by Crippen LogP contribution is -2.16. The number of anilines is 1. The summed E-state index contributed by atoms with van der Waals surface area (Å²) < 4.78 is 6.23. The van der Waals surface area contributed by atoms with E-state index in [-0.39, 0.29) is 25.5 Å². The smallest absolute Gasteiger partial charge is 0.229 e. The summed E-state index contributed by atoms with van der Waals surface area (Å²) in [6.07, 6.45) is 1.30. The second kappa shape index (κ2) is 7.67. The molecule has 3 rings (SSSR count). The fourth-order valence-electron chi connectivity index (χ4n) is 2.49. The van der Waals surface area contributed by atoms with Gasteiger partial charge in [0.25, 0.3) is 0 Å². The highest BCUT2D eigenvalue weighted by molar-refractivity contribution is 7.59. The third-order valence-corrected chi connectivity index (χ3v) is 4.50. The molecule has 0 radical (unpaired) electrons. The Morgan fingerprint density at radius 2 is 2.23 bits per heavy atom. The Morgan fingerprint density at radius 1 is 1.36 bits per heavy atom. The topological polar surface area (TPSA) is 50.4 Å². The fourth-order valence-corrected chi connectivity index (χ4v) is 3.28. The van der Waals surface area contributed by atoms with Gasteiger partial charge in [0, 0.05) is 22.5 Å². The third-order valence-electron chi connectivity index (χ3n) is 3.53. The number of hydrogen-bond acceptors (Lipinski definition) is 4. The van der Waals surface area contributed by atoms with Crippen LogP contribution in [0.5, 0.6) is 5.75 Å². The van der Waals surface area contributed by atoms with Crippen LogP contribution in [0.4, 0.5) is 5.69 Å². The van der Waals surface area contributed by atoms with Crippen LogP contribution in [0.3, 0.4) is 0 Å². The zero-order valence-electron chi connectivity index (χ0n) is 12.4. The quantitative estimate of drug-likeness (QED) is 0.852.